The molecule has 0 fully saturated rings. The van der Waals surface area contributed by atoms with Gasteiger partial charge in [0.15, 0.2) is 5.78 Å². The fraction of sp³-hybridized carbons (Fsp3) is 0.115. The van der Waals surface area contributed by atoms with Gasteiger partial charge in [0.2, 0.25) is 0 Å². The van der Waals surface area contributed by atoms with E-state index in [1.807, 2.05) is 24.5 Å². The standard InChI is InChI=1S/C26H21N3O3S/c1-32-19-10-8-17(9-11-19)24(30)20-6-2-3-7-21(20)25(31)28-22-12-14-29-23(22)16-33-26(29)18-5-4-13-27-15-18/h2-15,26H,16H2,1H3,(H,28,31). The van der Waals surface area contributed by atoms with Crippen LogP contribution in [0.2, 0.25) is 0 Å². The van der Waals surface area contributed by atoms with Crippen molar-refractivity contribution in [3.8, 4) is 5.75 Å². The van der Waals surface area contributed by atoms with Gasteiger partial charge in [-0.05, 0) is 42.5 Å². The number of carbonyl (C=O) groups is 2. The number of anilines is 1. The van der Waals surface area contributed by atoms with E-state index in [0.29, 0.717) is 22.4 Å². The van der Waals surface area contributed by atoms with Gasteiger partial charge in [-0.2, -0.15) is 0 Å². The lowest BCUT2D eigenvalue weighted by atomic mass is 9.98. The van der Waals surface area contributed by atoms with Crippen LogP contribution in [0.25, 0.3) is 0 Å². The highest BCUT2D eigenvalue weighted by Gasteiger charge is 2.27. The van der Waals surface area contributed by atoms with E-state index >= 15 is 0 Å². The van der Waals surface area contributed by atoms with Crippen LogP contribution in [0.5, 0.6) is 5.75 Å². The summed E-state index contributed by atoms with van der Waals surface area (Å²) in [6.45, 7) is 0. The number of fused-ring (bicyclic) bond motifs is 1. The van der Waals surface area contributed by atoms with Crippen molar-refractivity contribution >= 4 is 29.1 Å². The molecule has 7 heteroatoms. The van der Waals surface area contributed by atoms with Crippen molar-refractivity contribution in [1.29, 1.82) is 0 Å². The number of hydrogen-bond donors (Lipinski definition) is 1. The number of carbonyl (C=O) groups excluding carboxylic acids is 2. The molecular weight excluding hydrogens is 434 g/mol. The van der Waals surface area contributed by atoms with Crippen LogP contribution >= 0.6 is 11.8 Å². The van der Waals surface area contributed by atoms with Gasteiger partial charge in [0.25, 0.3) is 5.91 Å². The predicted molar refractivity (Wildman–Crippen MR) is 129 cm³/mol. The number of ketones is 1. The van der Waals surface area contributed by atoms with Gasteiger partial charge < -0.3 is 14.6 Å². The molecule has 0 aliphatic carbocycles. The summed E-state index contributed by atoms with van der Waals surface area (Å²) in [6, 6.07) is 19.6. The van der Waals surface area contributed by atoms with Gasteiger partial charge in [0.05, 0.1) is 24.1 Å². The summed E-state index contributed by atoms with van der Waals surface area (Å²) >= 11 is 1.78. The third kappa shape index (κ3) is 4.03. The van der Waals surface area contributed by atoms with E-state index in [9.17, 15) is 9.59 Å². The zero-order valence-electron chi connectivity index (χ0n) is 17.9. The number of benzene rings is 2. The first-order chi connectivity index (χ1) is 16.2. The lowest BCUT2D eigenvalue weighted by Gasteiger charge is -2.12. The minimum atomic E-state index is -0.309. The second-order valence-corrected chi connectivity index (χ2v) is 8.66. The molecule has 0 saturated carbocycles. The first kappa shape index (κ1) is 21.0. The van der Waals surface area contributed by atoms with Gasteiger partial charge >= 0.3 is 0 Å². The summed E-state index contributed by atoms with van der Waals surface area (Å²) in [5.74, 6) is 0.922. The zero-order chi connectivity index (χ0) is 22.8. The number of aromatic nitrogens is 2. The normalized spacial score (nSPS) is 14.5. The molecule has 1 aliphatic heterocycles. The van der Waals surface area contributed by atoms with Gasteiger partial charge in [-0.25, -0.2) is 0 Å². The quantitative estimate of drug-likeness (QED) is 0.406. The molecule has 1 atom stereocenters. The van der Waals surface area contributed by atoms with E-state index in [1.54, 1.807) is 73.6 Å². The molecule has 1 N–H and O–H groups in total. The van der Waals surface area contributed by atoms with Crippen molar-refractivity contribution in [1.82, 2.24) is 9.55 Å². The molecule has 5 rings (SSSR count). The third-order valence-corrected chi connectivity index (χ3v) is 6.90. The molecule has 4 aromatic rings. The number of ether oxygens (including phenoxy) is 1. The average Bonchev–Trinajstić information content (AvgIpc) is 3.47. The van der Waals surface area contributed by atoms with E-state index in [-0.39, 0.29) is 17.1 Å². The number of amides is 1. The molecule has 0 saturated heterocycles. The maximum atomic E-state index is 13.2. The summed E-state index contributed by atoms with van der Waals surface area (Å²) in [6.07, 6.45) is 5.61. The van der Waals surface area contributed by atoms with Crippen molar-refractivity contribution in [3.63, 3.8) is 0 Å². The SMILES string of the molecule is COc1ccc(C(=O)c2ccccc2C(=O)Nc2ccn3c2CSC3c2cccnc2)cc1. The Morgan fingerprint density at radius 2 is 1.82 bits per heavy atom. The van der Waals surface area contributed by atoms with Crippen LogP contribution in [0.1, 0.15) is 42.9 Å². The van der Waals surface area contributed by atoms with Crippen LogP contribution in [0.3, 0.4) is 0 Å². The van der Waals surface area contributed by atoms with E-state index in [0.717, 1.165) is 22.7 Å². The summed E-state index contributed by atoms with van der Waals surface area (Å²) < 4.78 is 7.32. The number of thioether (sulfide) groups is 1. The Morgan fingerprint density at radius 1 is 1.03 bits per heavy atom. The average molecular weight is 456 g/mol. The maximum absolute atomic E-state index is 13.2. The highest BCUT2D eigenvalue weighted by molar-refractivity contribution is 7.99. The Balaban J connectivity index is 1.39. The number of nitrogens with one attached hydrogen (secondary N) is 1. The van der Waals surface area contributed by atoms with Gasteiger partial charge in [-0.15, -0.1) is 11.8 Å². The van der Waals surface area contributed by atoms with Crippen molar-refractivity contribution in [2.75, 3.05) is 12.4 Å². The van der Waals surface area contributed by atoms with Crippen LogP contribution in [0.15, 0.2) is 85.3 Å². The van der Waals surface area contributed by atoms with Gasteiger partial charge in [-0.1, -0.05) is 24.3 Å². The Labute approximate surface area is 195 Å². The molecule has 1 unspecified atom stereocenters. The molecule has 0 radical (unpaired) electrons. The summed E-state index contributed by atoms with van der Waals surface area (Å²) in [5, 5.41) is 3.14. The fourth-order valence-electron chi connectivity index (χ4n) is 3.95. The van der Waals surface area contributed by atoms with Gasteiger partial charge in [0.1, 0.15) is 11.1 Å². The number of methoxy groups -OCH3 is 1. The van der Waals surface area contributed by atoms with E-state index in [2.05, 4.69) is 20.9 Å². The number of pyridine rings is 1. The predicted octanol–water partition coefficient (Wildman–Crippen LogP) is 5.17. The second-order valence-electron chi connectivity index (χ2n) is 7.59. The lowest BCUT2D eigenvalue weighted by molar-refractivity contribution is 0.0996. The molecule has 0 spiro atoms. The van der Waals surface area contributed by atoms with Gasteiger partial charge in [0, 0.05) is 41.0 Å². The van der Waals surface area contributed by atoms with Crippen molar-refractivity contribution in [2.24, 2.45) is 0 Å². The highest BCUT2D eigenvalue weighted by Crippen LogP contribution is 2.43. The molecule has 1 aliphatic rings. The van der Waals surface area contributed by atoms with E-state index in [1.165, 1.54) is 0 Å². The first-order valence-electron chi connectivity index (χ1n) is 10.5. The largest absolute Gasteiger partial charge is 0.497 e. The van der Waals surface area contributed by atoms with Gasteiger partial charge in [-0.3, -0.25) is 14.6 Å². The van der Waals surface area contributed by atoms with Crippen LogP contribution < -0.4 is 10.1 Å². The highest BCUT2D eigenvalue weighted by atomic mass is 32.2. The maximum Gasteiger partial charge on any atom is 0.256 e. The van der Waals surface area contributed by atoms with Crippen molar-refractivity contribution < 1.29 is 14.3 Å². The Kier molecular flexibility index (Phi) is 5.71. The molecule has 164 valence electrons. The summed E-state index contributed by atoms with van der Waals surface area (Å²) in [7, 11) is 1.58. The third-order valence-electron chi connectivity index (χ3n) is 5.64. The van der Waals surface area contributed by atoms with E-state index < -0.39 is 0 Å². The lowest BCUT2D eigenvalue weighted by Crippen LogP contribution is -2.17. The van der Waals surface area contributed by atoms with Crippen LogP contribution in [0, 0.1) is 0 Å². The monoisotopic (exact) mass is 455 g/mol. The van der Waals surface area contributed by atoms with Crippen LogP contribution in [0.4, 0.5) is 5.69 Å². The molecule has 6 nitrogen and oxygen atoms in total. The number of nitrogens with zero attached hydrogens (tertiary/aromatic N) is 2. The van der Waals surface area contributed by atoms with Crippen molar-refractivity contribution in [3.05, 3.63) is 113 Å². The molecule has 0 bridgehead atoms. The first-order valence-corrected chi connectivity index (χ1v) is 11.5. The number of rotatable bonds is 6. The second kappa shape index (κ2) is 8.96. The van der Waals surface area contributed by atoms with Crippen LogP contribution in [-0.2, 0) is 5.75 Å². The molecule has 2 aromatic heterocycles. The van der Waals surface area contributed by atoms with Crippen LogP contribution in [-0.4, -0.2) is 28.4 Å². The smallest absolute Gasteiger partial charge is 0.256 e. The van der Waals surface area contributed by atoms with Crippen molar-refractivity contribution in [2.45, 2.75) is 11.1 Å². The molecule has 3 heterocycles. The molecular formula is C26H21N3O3S. The Hall–Kier alpha value is -3.84. The summed E-state index contributed by atoms with van der Waals surface area (Å²) in [4.78, 5) is 30.6. The Bertz CT molecular complexity index is 1320. The minimum absolute atomic E-state index is 0.128. The summed E-state index contributed by atoms with van der Waals surface area (Å²) in [5.41, 5.74) is 4.11. The molecule has 33 heavy (non-hydrogen) atoms. The topological polar surface area (TPSA) is 73.2 Å². The Morgan fingerprint density at radius 3 is 2.55 bits per heavy atom. The zero-order valence-corrected chi connectivity index (χ0v) is 18.7. The number of hydrogen-bond acceptors (Lipinski definition) is 5. The molecule has 1 amide bonds. The minimum Gasteiger partial charge on any atom is -0.497 e. The molecule has 2 aromatic carbocycles. The van der Waals surface area contributed by atoms with E-state index in [4.69, 9.17) is 4.74 Å². The fourth-order valence-corrected chi connectivity index (χ4v) is 5.26.